The second kappa shape index (κ2) is 10.5. The summed E-state index contributed by atoms with van der Waals surface area (Å²) < 4.78 is 44.8. The third kappa shape index (κ3) is 5.91. The number of benzene rings is 2. The highest BCUT2D eigenvalue weighted by Crippen LogP contribution is 2.47. The van der Waals surface area contributed by atoms with Crippen molar-refractivity contribution in [3.63, 3.8) is 0 Å². The molecule has 2 aliphatic rings. The van der Waals surface area contributed by atoms with Gasteiger partial charge in [0.2, 0.25) is 0 Å². The summed E-state index contributed by atoms with van der Waals surface area (Å²) in [6, 6.07) is 12.3. The second-order valence-electron chi connectivity index (χ2n) is 10.2. The van der Waals surface area contributed by atoms with Crippen molar-refractivity contribution in [3.8, 4) is 5.75 Å². The molecular formula is C27H30F3N5O2. The maximum Gasteiger partial charge on any atom is 0.416 e. The first-order valence-corrected chi connectivity index (χ1v) is 12.4. The summed E-state index contributed by atoms with van der Waals surface area (Å²) >= 11 is 0. The molecule has 196 valence electrons. The van der Waals surface area contributed by atoms with Gasteiger partial charge in [-0.15, -0.1) is 0 Å². The number of carbonyl (C=O) groups is 1. The van der Waals surface area contributed by atoms with E-state index in [1.165, 1.54) is 17.1 Å². The van der Waals surface area contributed by atoms with E-state index in [2.05, 4.69) is 15.1 Å². The van der Waals surface area contributed by atoms with Gasteiger partial charge in [0.05, 0.1) is 28.9 Å². The Labute approximate surface area is 213 Å². The molecule has 1 fully saturated rings. The molecule has 1 aliphatic carbocycles. The highest BCUT2D eigenvalue weighted by Gasteiger charge is 2.52. The van der Waals surface area contributed by atoms with Gasteiger partial charge in [-0.05, 0) is 93.4 Å². The molecule has 0 atom stereocenters. The van der Waals surface area contributed by atoms with Gasteiger partial charge in [0.25, 0.3) is 5.91 Å². The smallest absolute Gasteiger partial charge is 0.416 e. The van der Waals surface area contributed by atoms with E-state index in [0.29, 0.717) is 17.9 Å². The normalized spacial score (nSPS) is 17.2. The molecule has 0 unspecified atom stereocenters. The molecule has 0 saturated heterocycles. The summed E-state index contributed by atoms with van der Waals surface area (Å²) in [6.07, 6.45) is 1.09. The summed E-state index contributed by atoms with van der Waals surface area (Å²) in [6.45, 7) is 3.93. The molecule has 10 heteroatoms. The number of ether oxygens (including phenoxy) is 1. The van der Waals surface area contributed by atoms with Crippen LogP contribution in [-0.4, -0.2) is 23.8 Å². The van der Waals surface area contributed by atoms with E-state index in [9.17, 15) is 18.0 Å². The van der Waals surface area contributed by atoms with Crippen LogP contribution in [0.4, 0.5) is 18.9 Å². The average molecular weight is 514 g/mol. The zero-order valence-electron chi connectivity index (χ0n) is 21.0. The summed E-state index contributed by atoms with van der Waals surface area (Å²) in [5.74, 6) is 0.550. The number of anilines is 1. The summed E-state index contributed by atoms with van der Waals surface area (Å²) in [7, 11) is 0. The van der Waals surface area contributed by atoms with Crippen molar-refractivity contribution in [2.45, 2.75) is 70.6 Å². The SMILES string of the molecule is CC(C)(CN=[N+]=[N-])Oc1ccc(CCCC2=NN(c3ccc(C(F)(F)F)cc3)C(=O)C23CCCC3)cc1. The largest absolute Gasteiger partial charge is 0.488 e. The van der Waals surface area contributed by atoms with Crippen molar-refractivity contribution in [2.75, 3.05) is 11.6 Å². The molecule has 7 nitrogen and oxygen atoms in total. The van der Waals surface area contributed by atoms with Crippen LogP contribution in [-0.2, 0) is 17.4 Å². The summed E-state index contributed by atoms with van der Waals surface area (Å²) in [4.78, 5) is 16.2. The lowest BCUT2D eigenvalue weighted by Gasteiger charge is -2.24. The van der Waals surface area contributed by atoms with Crippen molar-refractivity contribution in [2.24, 2.45) is 15.6 Å². The van der Waals surface area contributed by atoms with Crippen LogP contribution < -0.4 is 9.75 Å². The van der Waals surface area contributed by atoms with Gasteiger partial charge in [-0.2, -0.15) is 23.3 Å². The van der Waals surface area contributed by atoms with E-state index < -0.39 is 22.8 Å². The van der Waals surface area contributed by atoms with Gasteiger partial charge >= 0.3 is 6.18 Å². The number of azide groups is 1. The average Bonchev–Trinajstić information content (AvgIpc) is 3.45. The number of nitrogens with zero attached hydrogens (tertiary/aromatic N) is 5. The standard InChI is InChI=1S/C27H30F3N5O2/c1-25(2,18-32-34-31)37-22-14-8-19(9-15-22)6-5-7-23-26(16-3-4-17-26)24(36)35(33-23)21-12-10-20(11-13-21)27(28,29)30/h8-15H,3-7,16-18H2,1-2H3. The third-order valence-corrected chi connectivity index (χ3v) is 6.98. The van der Waals surface area contributed by atoms with Gasteiger partial charge in [0.1, 0.15) is 11.4 Å². The lowest BCUT2D eigenvalue weighted by molar-refractivity contribution is -0.137. The molecular weight excluding hydrogens is 483 g/mol. The Morgan fingerprint density at radius 1 is 1.05 bits per heavy atom. The molecule has 0 radical (unpaired) electrons. The number of halogens is 3. The Kier molecular flexibility index (Phi) is 7.50. The minimum Gasteiger partial charge on any atom is -0.488 e. The highest BCUT2D eigenvalue weighted by atomic mass is 19.4. The first kappa shape index (κ1) is 26.5. The van der Waals surface area contributed by atoms with E-state index in [1.54, 1.807) is 0 Å². The van der Waals surface area contributed by atoms with Crippen LogP contribution in [0.15, 0.2) is 58.7 Å². The fourth-order valence-corrected chi connectivity index (χ4v) is 5.06. The number of amides is 1. The molecule has 0 bridgehead atoms. The van der Waals surface area contributed by atoms with Crippen molar-refractivity contribution in [1.82, 2.24) is 0 Å². The highest BCUT2D eigenvalue weighted by molar-refractivity contribution is 6.19. The molecule has 0 N–H and O–H groups in total. The molecule has 1 spiro atoms. The maximum absolute atomic E-state index is 13.4. The van der Waals surface area contributed by atoms with Crippen LogP contribution in [0.5, 0.6) is 5.75 Å². The van der Waals surface area contributed by atoms with Crippen molar-refractivity contribution >= 4 is 17.3 Å². The number of carbonyl (C=O) groups excluding carboxylic acids is 1. The molecule has 2 aromatic carbocycles. The number of hydrogen-bond acceptors (Lipinski definition) is 4. The predicted molar refractivity (Wildman–Crippen MR) is 135 cm³/mol. The Bertz CT molecular complexity index is 1190. The minimum absolute atomic E-state index is 0.135. The molecule has 37 heavy (non-hydrogen) atoms. The van der Waals surface area contributed by atoms with Crippen LogP contribution in [0.1, 0.15) is 63.5 Å². The number of aryl methyl sites for hydroxylation is 1. The minimum atomic E-state index is -4.43. The maximum atomic E-state index is 13.4. The fourth-order valence-electron chi connectivity index (χ4n) is 5.06. The van der Waals surface area contributed by atoms with Crippen molar-refractivity contribution in [3.05, 3.63) is 70.1 Å². The first-order chi connectivity index (χ1) is 17.5. The van der Waals surface area contributed by atoms with Gasteiger partial charge in [-0.25, -0.2) is 0 Å². The van der Waals surface area contributed by atoms with Gasteiger partial charge in [0, 0.05) is 4.91 Å². The van der Waals surface area contributed by atoms with Crippen LogP contribution in [0.2, 0.25) is 0 Å². The van der Waals surface area contributed by atoms with Crippen molar-refractivity contribution in [1.29, 1.82) is 0 Å². The molecule has 2 aromatic rings. The zero-order valence-corrected chi connectivity index (χ0v) is 21.0. The van der Waals surface area contributed by atoms with Crippen LogP contribution >= 0.6 is 0 Å². The Morgan fingerprint density at radius 3 is 2.30 bits per heavy atom. The number of rotatable bonds is 9. The van der Waals surface area contributed by atoms with Gasteiger partial charge in [-0.1, -0.05) is 30.1 Å². The Hall–Kier alpha value is -3.52. The third-order valence-electron chi connectivity index (χ3n) is 6.98. The number of hydrazone groups is 1. The topological polar surface area (TPSA) is 90.7 Å². The lowest BCUT2D eigenvalue weighted by atomic mass is 9.78. The first-order valence-electron chi connectivity index (χ1n) is 12.4. The van der Waals surface area contributed by atoms with E-state index in [4.69, 9.17) is 10.3 Å². The molecule has 1 heterocycles. The second-order valence-corrected chi connectivity index (χ2v) is 10.2. The molecule has 4 rings (SSSR count). The fraction of sp³-hybridized carbons (Fsp3) is 0.481. The lowest BCUT2D eigenvalue weighted by Crippen LogP contribution is -2.37. The predicted octanol–water partition coefficient (Wildman–Crippen LogP) is 7.46. The zero-order chi connectivity index (χ0) is 26.7. The van der Waals surface area contributed by atoms with E-state index >= 15 is 0 Å². The van der Waals surface area contributed by atoms with Crippen LogP contribution in [0, 0.1) is 5.41 Å². The van der Waals surface area contributed by atoms with Crippen LogP contribution in [0.3, 0.4) is 0 Å². The Balaban J connectivity index is 1.42. The Morgan fingerprint density at radius 2 is 1.70 bits per heavy atom. The van der Waals surface area contributed by atoms with Gasteiger partial charge in [0.15, 0.2) is 0 Å². The molecule has 1 aliphatic heterocycles. The quantitative estimate of drug-likeness (QED) is 0.198. The van der Waals surface area contributed by atoms with Gasteiger partial charge < -0.3 is 4.74 Å². The van der Waals surface area contributed by atoms with E-state index in [-0.39, 0.29) is 12.5 Å². The monoisotopic (exact) mass is 513 g/mol. The van der Waals surface area contributed by atoms with Crippen molar-refractivity contribution < 1.29 is 22.7 Å². The summed E-state index contributed by atoms with van der Waals surface area (Å²) in [5, 5.41) is 9.52. The van der Waals surface area contributed by atoms with E-state index in [1.807, 2.05) is 38.1 Å². The van der Waals surface area contributed by atoms with Gasteiger partial charge in [-0.3, -0.25) is 4.79 Å². The molecule has 0 aromatic heterocycles. The summed E-state index contributed by atoms with van der Waals surface area (Å²) in [5.41, 5.74) is 8.82. The molecule has 1 saturated carbocycles. The number of alkyl halides is 3. The molecule has 1 amide bonds. The van der Waals surface area contributed by atoms with E-state index in [0.717, 1.165) is 61.9 Å². The van der Waals surface area contributed by atoms with Crippen LogP contribution in [0.25, 0.3) is 10.4 Å². The number of hydrogen-bond donors (Lipinski definition) is 0.